The number of nitrogens with two attached hydrogens (primary N) is 1. The van der Waals surface area contributed by atoms with Crippen molar-refractivity contribution >= 4 is 5.69 Å². The van der Waals surface area contributed by atoms with E-state index in [9.17, 15) is 5.11 Å². The molecule has 1 aromatic carbocycles. The average molecular weight is 249 g/mol. The van der Waals surface area contributed by atoms with Gasteiger partial charge in [-0.1, -0.05) is 0 Å². The molecule has 0 radical (unpaired) electrons. The fraction of sp³-hybridized carbons (Fsp3) is 0.571. The van der Waals surface area contributed by atoms with E-state index in [2.05, 4.69) is 23.9 Å². The number of likely N-dealkylation sites (tertiary alicyclic amines) is 1. The Morgan fingerprint density at radius 3 is 2.94 bits per heavy atom. The number of rotatable bonds is 4. The van der Waals surface area contributed by atoms with Crippen LogP contribution in [0.3, 0.4) is 0 Å². The standard InChI is InChI=1S/C14H23N3O/c1-16-6-5-11(8-16)9-17(2)10-12-7-13(15)3-4-14(12)18/h3-4,7,11,18H,5-6,8-10,15H2,1-2H3. The molecule has 1 aliphatic heterocycles. The molecule has 1 aromatic rings. The van der Waals surface area contributed by atoms with Gasteiger partial charge >= 0.3 is 0 Å². The monoisotopic (exact) mass is 249 g/mol. The summed E-state index contributed by atoms with van der Waals surface area (Å²) in [6, 6.07) is 5.25. The molecule has 0 aliphatic carbocycles. The zero-order chi connectivity index (χ0) is 13.1. The Bertz CT molecular complexity index is 408. The summed E-state index contributed by atoms with van der Waals surface area (Å²) in [4.78, 5) is 4.63. The number of benzene rings is 1. The molecule has 1 fully saturated rings. The highest BCUT2D eigenvalue weighted by Crippen LogP contribution is 2.22. The van der Waals surface area contributed by atoms with Crippen molar-refractivity contribution in [3.63, 3.8) is 0 Å². The third-order valence-corrected chi connectivity index (χ3v) is 3.60. The van der Waals surface area contributed by atoms with Crippen molar-refractivity contribution in [2.75, 3.05) is 39.5 Å². The van der Waals surface area contributed by atoms with E-state index in [1.807, 2.05) is 6.07 Å². The number of hydrogen-bond donors (Lipinski definition) is 2. The van der Waals surface area contributed by atoms with E-state index < -0.39 is 0 Å². The van der Waals surface area contributed by atoms with Crippen LogP contribution in [0.1, 0.15) is 12.0 Å². The second-order valence-electron chi connectivity index (χ2n) is 5.50. The number of nitrogens with zero attached hydrogens (tertiary/aromatic N) is 2. The topological polar surface area (TPSA) is 52.7 Å². The van der Waals surface area contributed by atoms with Crippen molar-refractivity contribution < 1.29 is 5.11 Å². The molecule has 100 valence electrons. The van der Waals surface area contributed by atoms with E-state index in [-0.39, 0.29) is 0 Å². The van der Waals surface area contributed by atoms with Crippen molar-refractivity contribution in [1.29, 1.82) is 0 Å². The molecule has 1 unspecified atom stereocenters. The molecular formula is C14H23N3O. The van der Waals surface area contributed by atoms with E-state index in [1.54, 1.807) is 12.1 Å². The van der Waals surface area contributed by atoms with Crippen molar-refractivity contribution in [2.45, 2.75) is 13.0 Å². The summed E-state index contributed by atoms with van der Waals surface area (Å²) in [5.74, 6) is 1.07. The first-order valence-electron chi connectivity index (χ1n) is 6.49. The summed E-state index contributed by atoms with van der Waals surface area (Å²) in [5.41, 5.74) is 7.36. The average Bonchev–Trinajstić information content (AvgIpc) is 2.69. The van der Waals surface area contributed by atoms with Gasteiger partial charge in [-0.3, -0.25) is 0 Å². The van der Waals surface area contributed by atoms with Gasteiger partial charge in [0.25, 0.3) is 0 Å². The smallest absolute Gasteiger partial charge is 0.120 e. The Morgan fingerprint density at radius 1 is 1.50 bits per heavy atom. The largest absolute Gasteiger partial charge is 0.508 e. The first kappa shape index (κ1) is 13.2. The first-order valence-corrected chi connectivity index (χ1v) is 6.49. The molecule has 0 bridgehead atoms. The Morgan fingerprint density at radius 2 is 2.28 bits per heavy atom. The molecule has 2 rings (SSSR count). The minimum atomic E-state index is 0.333. The maximum Gasteiger partial charge on any atom is 0.120 e. The fourth-order valence-corrected chi connectivity index (χ4v) is 2.70. The molecule has 1 heterocycles. The lowest BCUT2D eigenvalue weighted by molar-refractivity contribution is 0.264. The van der Waals surface area contributed by atoms with Gasteiger partial charge in [-0.2, -0.15) is 0 Å². The molecule has 1 saturated heterocycles. The number of hydrogen-bond acceptors (Lipinski definition) is 4. The first-order chi connectivity index (χ1) is 8.54. The predicted molar refractivity (Wildman–Crippen MR) is 74.5 cm³/mol. The lowest BCUT2D eigenvalue weighted by Gasteiger charge is -2.21. The molecule has 4 heteroatoms. The maximum atomic E-state index is 9.80. The second kappa shape index (κ2) is 5.59. The van der Waals surface area contributed by atoms with Crippen LogP contribution in [0.2, 0.25) is 0 Å². The highest BCUT2D eigenvalue weighted by molar-refractivity contribution is 5.47. The molecule has 18 heavy (non-hydrogen) atoms. The van der Waals surface area contributed by atoms with Gasteiger partial charge in [-0.05, 0) is 51.2 Å². The lowest BCUT2D eigenvalue weighted by Crippen LogP contribution is -2.27. The predicted octanol–water partition coefficient (Wildman–Crippen LogP) is 1.36. The molecule has 0 spiro atoms. The molecule has 1 aliphatic rings. The van der Waals surface area contributed by atoms with Crippen molar-refractivity contribution in [3.05, 3.63) is 23.8 Å². The van der Waals surface area contributed by atoms with Crippen LogP contribution in [0, 0.1) is 5.92 Å². The zero-order valence-electron chi connectivity index (χ0n) is 11.3. The number of phenols is 1. The van der Waals surface area contributed by atoms with Gasteiger partial charge in [0.2, 0.25) is 0 Å². The Hall–Kier alpha value is -1.26. The highest BCUT2D eigenvalue weighted by Gasteiger charge is 2.20. The minimum absolute atomic E-state index is 0.333. The molecule has 3 N–H and O–H groups in total. The van der Waals surface area contributed by atoms with E-state index in [0.717, 1.165) is 24.6 Å². The normalized spacial score (nSPS) is 20.7. The van der Waals surface area contributed by atoms with Gasteiger partial charge in [0.15, 0.2) is 0 Å². The summed E-state index contributed by atoms with van der Waals surface area (Å²) >= 11 is 0. The molecule has 0 saturated carbocycles. The van der Waals surface area contributed by atoms with Crippen molar-refractivity contribution in [2.24, 2.45) is 5.92 Å². The van der Waals surface area contributed by atoms with Crippen LogP contribution in [0.5, 0.6) is 5.75 Å². The van der Waals surface area contributed by atoms with Gasteiger partial charge in [0.1, 0.15) is 5.75 Å². The third kappa shape index (κ3) is 3.37. The van der Waals surface area contributed by atoms with Crippen LogP contribution in [0.25, 0.3) is 0 Å². The summed E-state index contributed by atoms with van der Waals surface area (Å²) in [6.07, 6.45) is 1.27. The van der Waals surface area contributed by atoms with E-state index in [0.29, 0.717) is 11.4 Å². The van der Waals surface area contributed by atoms with Crippen LogP contribution in [-0.4, -0.2) is 48.6 Å². The Balaban J connectivity index is 1.90. The minimum Gasteiger partial charge on any atom is -0.508 e. The van der Waals surface area contributed by atoms with Crippen LogP contribution < -0.4 is 5.73 Å². The summed E-state index contributed by atoms with van der Waals surface area (Å²) < 4.78 is 0. The van der Waals surface area contributed by atoms with Gasteiger partial charge in [0, 0.05) is 30.9 Å². The zero-order valence-corrected chi connectivity index (χ0v) is 11.3. The number of aromatic hydroxyl groups is 1. The van der Waals surface area contributed by atoms with Crippen molar-refractivity contribution in [1.82, 2.24) is 9.80 Å². The number of phenolic OH excluding ortho intramolecular Hbond substituents is 1. The molecule has 0 amide bonds. The fourth-order valence-electron chi connectivity index (χ4n) is 2.70. The molecule has 4 nitrogen and oxygen atoms in total. The Kier molecular flexibility index (Phi) is 4.09. The summed E-state index contributed by atoms with van der Waals surface area (Å²) in [6.45, 7) is 4.19. The summed E-state index contributed by atoms with van der Waals surface area (Å²) in [7, 11) is 4.27. The van der Waals surface area contributed by atoms with Crippen LogP contribution in [0.15, 0.2) is 18.2 Å². The summed E-state index contributed by atoms with van der Waals surface area (Å²) in [5, 5.41) is 9.80. The van der Waals surface area contributed by atoms with E-state index >= 15 is 0 Å². The molecular weight excluding hydrogens is 226 g/mol. The maximum absolute atomic E-state index is 9.80. The second-order valence-corrected chi connectivity index (χ2v) is 5.50. The van der Waals surface area contributed by atoms with Crippen LogP contribution >= 0.6 is 0 Å². The molecule has 0 aromatic heterocycles. The Labute approximate surface area is 109 Å². The molecule has 1 atom stereocenters. The number of nitrogen functional groups attached to an aromatic ring is 1. The van der Waals surface area contributed by atoms with Crippen LogP contribution in [0.4, 0.5) is 5.69 Å². The van der Waals surface area contributed by atoms with E-state index in [4.69, 9.17) is 5.73 Å². The van der Waals surface area contributed by atoms with Gasteiger partial charge < -0.3 is 20.6 Å². The number of anilines is 1. The third-order valence-electron chi connectivity index (χ3n) is 3.60. The SMILES string of the molecule is CN1CCC(CN(C)Cc2cc(N)ccc2O)C1. The van der Waals surface area contributed by atoms with Crippen molar-refractivity contribution in [3.8, 4) is 5.75 Å². The highest BCUT2D eigenvalue weighted by atomic mass is 16.3. The van der Waals surface area contributed by atoms with Gasteiger partial charge in [0.05, 0.1) is 0 Å². The quantitative estimate of drug-likeness (QED) is 0.625. The van der Waals surface area contributed by atoms with Crippen LogP contribution in [-0.2, 0) is 6.54 Å². The van der Waals surface area contributed by atoms with Gasteiger partial charge in [-0.15, -0.1) is 0 Å². The van der Waals surface area contributed by atoms with Gasteiger partial charge in [-0.25, -0.2) is 0 Å². The van der Waals surface area contributed by atoms with E-state index in [1.165, 1.54) is 19.5 Å². The lowest BCUT2D eigenvalue weighted by atomic mass is 10.1.